The van der Waals surface area contributed by atoms with E-state index in [-0.39, 0.29) is 0 Å². The topological polar surface area (TPSA) is 24.5 Å². The second kappa shape index (κ2) is 6.92. The van der Waals surface area contributed by atoms with Crippen LogP contribution in [0.1, 0.15) is 18.1 Å². The maximum Gasteiger partial charge on any atom is 0.122 e. The van der Waals surface area contributed by atoms with Gasteiger partial charge in [0.05, 0.1) is 7.11 Å². The molecule has 1 saturated heterocycles. The van der Waals surface area contributed by atoms with Crippen molar-refractivity contribution in [3.8, 4) is 5.75 Å². The lowest BCUT2D eigenvalue weighted by molar-refractivity contribution is 0.225. The van der Waals surface area contributed by atoms with Crippen molar-refractivity contribution in [2.75, 3.05) is 40.3 Å². The van der Waals surface area contributed by atoms with Crippen molar-refractivity contribution in [1.82, 2.24) is 10.2 Å². The molecule has 19 heavy (non-hydrogen) atoms. The predicted octanol–water partition coefficient (Wildman–Crippen LogP) is 1.95. The number of benzene rings is 1. The summed E-state index contributed by atoms with van der Waals surface area (Å²) in [6.45, 7) is 6.85. The van der Waals surface area contributed by atoms with E-state index in [1.807, 2.05) is 0 Å². The predicted molar refractivity (Wildman–Crippen MR) is 79.9 cm³/mol. The highest BCUT2D eigenvalue weighted by atomic mass is 16.5. The van der Waals surface area contributed by atoms with Crippen molar-refractivity contribution in [2.45, 2.75) is 19.8 Å². The minimum Gasteiger partial charge on any atom is -0.496 e. The van der Waals surface area contributed by atoms with E-state index < -0.39 is 0 Å². The fourth-order valence-corrected chi connectivity index (χ4v) is 2.57. The second-order valence-electron chi connectivity index (χ2n) is 5.54. The van der Waals surface area contributed by atoms with Gasteiger partial charge in [0.2, 0.25) is 0 Å². The van der Waals surface area contributed by atoms with Crippen LogP contribution in [-0.2, 0) is 12.8 Å². The molecule has 1 aliphatic heterocycles. The molecule has 0 aromatic heterocycles. The van der Waals surface area contributed by atoms with Crippen LogP contribution < -0.4 is 10.1 Å². The Morgan fingerprint density at radius 2 is 2.16 bits per heavy atom. The third kappa shape index (κ3) is 3.95. The van der Waals surface area contributed by atoms with Crippen molar-refractivity contribution >= 4 is 0 Å². The third-order valence-electron chi connectivity index (χ3n) is 3.95. The van der Waals surface area contributed by atoms with Crippen LogP contribution in [0.2, 0.25) is 0 Å². The van der Waals surface area contributed by atoms with Gasteiger partial charge in [-0.2, -0.15) is 0 Å². The molecule has 0 amide bonds. The van der Waals surface area contributed by atoms with Crippen LogP contribution in [0.3, 0.4) is 0 Å². The molecule has 0 radical (unpaired) electrons. The smallest absolute Gasteiger partial charge is 0.122 e. The molecular weight excluding hydrogens is 236 g/mol. The second-order valence-corrected chi connectivity index (χ2v) is 5.54. The molecule has 106 valence electrons. The van der Waals surface area contributed by atoms with E-state index in [2.05, 4.69) is 42.4 Å². The van der Waals surface area contributed by atoms with E-state index in [0.29, 0.717) is 0 Å². The number of hydrogen-bond donors (Lipinski definition) is 1. The van der Waals surface area contributed by atoms with Gasteiger partial charge in [0.25, 0.3) is 0 Å². The first-order valence-electron chi connectivity index (χ1n) is 7.28. The first-order valence-corrected chi connectivity index (χ1v) is 7.28. The summed E-state index contributed by atoms with van der Waals surface area (Å²) in [7, 11) is 3.97. The molecule has 1 aromatic carbocycles. The summed E-state index contributed by atoms with van der Waals surface area (Å²) < 4.78 is 5.46. The number of aryl methyl sites for hydroxylation is 1. The Balaban J connectivity index is 1.89. The summed E-state index contributed by atoms with van der Waals surface area (Å²) in [5, 5.41) is 3.33. The Morgan fingerprint density at radius 1 is 1.37 bits per heavy atom. The summed E-state index contributed by atoms with van der Waals surface area (Å²) in [6.07, 6.45) is 2.15. The lowest BCUT2D eigenvalue weighted by Gasteiger charge is -2.31. The lowest BCUT2D eigenvalue weighted by atomic mass is 10.0. The number of methoxy groups -OCH3 is 1. The summed E-state index contributed by atoms with van der Waals surface area (Å²) >= 11 is 0. The molecule has 0 unspecified atom stereocenters. The zero-order valence-corrected chi connectivity index (χ0v) is 12.4. The zero-order chi connectivity index (χ0) is 13.7. The molecule has 0 saturated carbocycles. The van der Waals surface area contributed by atoms with E-state index in [1.165, 1.54) is 30.8 Å². The maximum absolute atomic E-state index is 5.46. The van der Waals surface area contributed by atoms with Gasteiger partial charge in [-0.25, -0.2) is 0 Å². The molecule has 1 aliphatic rings. The first-order chi connectivity index (χ1) is 9.22. The Kier molecular flexibility index (Phi) is 5.23. The summed E-state index contributed by atoms with van der Waals surface area (Å²) in [5.74, 6) is 1.87. The van der Waals surface area contributed by atoms with Crippen LogP contribution in [0.15, 0.2) is 18.2 Å². The fourth-order valence-electron chi connectivity index (χ4n) is 2.57. The van der Waals surface area contributed by atoms with Crippen molar-refractivity contribution < 1.29 is 4.74 Å². The zero-order valence-electron chi connectivity index (χ0n) is 12.4. The summed E-state index contributed by atoms with van der Waals surface area (Å²) in [6, 6.07) is 6.55. The molecule has 2 rings (SSSR count). The van der Waals surface area contributed by atoms with E-state index in [1.54, 1.807) is 7.11 Å². The number of nitrogens with zero attached hydrogens (tertiary/aromatic N) is 1. The van der Waals surface area contributed by atoms with Crippen LogP contribution >= 0.6 is 0 Å². The number of ether oxygens (including phenoxy) is 1. The van der Waals surface area contributed by atoms with Crippen LogP contribution in [-0.4, -0.2) is 45.2 Å². The van der Waals surface area contributed by atoms with Gasteiger partial charge in [-0.1, -0.05) is 19.1 Å². The van der Waals surface area contributed by atoms with Crippen molar-refractivity contribution in [3.63, 3.8) is 0 Å². The number of rotatable bonds is 7. The molecular formula is C16H26N2O. The molecule has 1 fully saturated rings. The molecule has 0 atom stereocenters. The fraction of sp³-hybridized carbons (Fsp3) is 0.625. The van der Waals surface area contributed by atoms with E-state index in [0.717, 1.165) is 31.1 Å². The van der Waals surface area contributed by atoms with Crippen molar-refractivity contribution in [1.29, 1.82) is 0 Å². The van der Waals surface area contributed by atoms with Gasteiger partial charge in [-0.05, 0) is 43.0 Å². The minimum atomic E-state index is 0.842. The molecule has 1 aromatic rings. The van der Waals surface area contributed by atoms with Crippen LogP contribution in [0.4, 0.5) is 0 Å². The lowest BCUT2D eigenvalue weighted by Crippen LogP contribution is -2.47. The Bertz CT molecular complexity index is 402. The molecule has 0 bridgehead atoms. The SMILES string of the molecule is CCc1ccc(OC)c(CCN(C)CC2CNC2)c1. The number of nitrogens with one attached hydrogen (secondary N) is 1. The van der Waals surface area contributed by atoms with Crippen molar-refractivity contribution in [3.05, 3.63) is 29.3 Å². The van der Waals surface area contributed by atoms with E-state index in [9.17, 15) is 0 Å². The number of hydrogen-bond acceptors (Lipinski definition) is 3. The minimum absolute atomic E-state index is 0.842. The highest BCUT2D eigenvalue weighted by molar-refractivity contribution is 5.37. The molecule has 3 nitrogen and oxygen atoms in total. The largest absolute Gasteiger partial charge is 0.496 e. The Hall–Kier alpha value is -1.06. The molecule has 1 N–H and O–H groups in total. The van der Waals surface area contributed by atoms with Crippen LogP contribution in [0.5, 0.6) is 5.75 Å². The average molecular weight is 262 g/mol. The van der Waals surface area contributed by atoms with Gasteiger partial charge in [-0.3, -0.25) is 0 Å². The standard InChI is InChI=1S/C16H26N2O/c1-4-13-5-6-16(19-3)15(9-13)7-8-18(2)12-14-10-17-11-14/h5-6,9,14,17H,4,7-8,10-12H2,1-3H3. The van der Waals surface area contributed by atoms with Crippen molar-refractivity contribution in [2.24, 2.45) is 5.92 Å². The third-order valence-corrected chi connectivity index (χ3v) is 3.95. The first kappa shape index (κ1) is 14.4. The molecule has 0 spiro atoms. The van der Waals surface area contributed by atoms with Gasteiger partial charge < -0.3 is 15.0 Å². The maximum atomic E-state index is 5.46. The normalized spacial score (nSPS) is 15.6. The summed E-state index contributed by atoms with van der Waals surface area (Å²) in [5.41, 5.74) is 2.72. The quantitative estimate of drug-likeness (QED) is 0.813. The van der Waals surface area contributed by atoms with Gasteiger partial charge >= 0.3 is 0 Å². The highest BCUT2D eigenvalue weighted by Crippen LogP contribution is 2.21. The molecule has 1 heterocycles. The van der Waals surface area contributed by atoms with Gasteiger partial charge in [-0.15, -0.1) is 0 Å². The Morgan fingerprint density at radius 3 is 2.74 bits per heavy atom. The van der Waals surface area contributed by atoms with E-state index in [4.69, 9.17) is 4.74 Å². The molecule has 0 aliphatic carbocycles. The average Bonchev–Trinajstić information content (AvgIpc) is 2.40. The molecule has 3 heteroatoms. The monoisotopic (exact) mass is 262 g/mol. The number of likely N-dealkylation sites (N-methyl/N-ethyl adjacent to an activating group) is 1. The van der Waals surface area contributed by atoms with Gasteiger partial charge in [0.15, 0.2) is 0 Å². The van der Waals surface area contributed by atoms with Gasteiger partial charge in [0.1, 0.15) is 5.75 Å². The van der Waals surface area contributed by atoms with Gasteiger partial charge in [0, 0.05) is 26.2 Å². The van der Waals surface area contributed by atoms with Crippen LogP contribution in [0, 0.1) is 5.92 Å². The highest BCUT2D eigenvalue weighted by Gasteiger charge is 2.18. The van der Waals surface area contributed by atoms with E-state index >= 15 is 0 Å². The van der Waals surface area contributed by atoms with Crippen LogP contribution in [0.25, 0.3) is 0 Å². The summed E-state index contributed by atoms with van der Waals surface area (Å²) in [4.78, 5) is 2.43. The Labute approximate surface area is 116 Å².